The molecule has 2 rings (SSSR count). The number of thiophene rings is 1. The number of hydrogen-bond acceptors (Lipinski definition) is 5. The molecule has 0 radical (unpaired) electrons. The Morgan fingerprint density at radius 2 is 1.85 bits per heavy atom. The van der Waals surface area contributed by atoms with Crippen molar-refractivity contribution in [2.75, 3.05) is 11.9 Å². The van der Waals surface area contributed by atoms with Gasteiger partial charge < -0.3 is 15.8 Å². The van der Waals surface area contributed by atoms with Crippen LogP contribution in [0.5, 0.6) is 0 Å². The Morgan fingerprint density at radius 1 is 1.15 bits per heavy atom. The Balaban J connectivity index is 1.90. The van der Waals surface area contributed by atoms with Gasteiger partial charge in [-0.2, -0.15) is 0 Å². The fourth-order valence-electron chi connectivity index (χ4n) is 2.42. The van der Waals surface area contributed by atoms with E-state index in [4.69, 9.17) is 10.5 Å². The first-order valence-corrected chi connectivity index (χ1v) is 9.24. The van der Waals surface area contributed by atoms with Crippen LogP contribution in [0.25, 0.3) is 0 Å². The van der Waals surface area contributed by atoms with E-state index < -0.39 is 17.8 Å². The SMILES string of the molecule is CCCc1sc(C(=O)OCC(=O)Nc2ccc(C(N)=O)cc2)cc1CC. The third-order valence-corrected chi connectivity index (χ3v) is 4.96. The van der Waals surface area contributed by atoms with E-state index in [1.54, 1.807) is 12.1 Å². The number of primary amides is 1. The van der Waals surface area contributed by atoms with E-state index in [0.29, 0.717) is 16.1 Å². The largest absolute Gasteiger partial charge is 0.451 e. The Hall–Kier alpha value is -2.67. The van der Waals surface area contributed by atoms with Crippen molar-refractivity contribution in [2.24, 2.45) is 5.73 Å². The molecule has 0 aliphatic carbocycles. The summed E-state index contributed by atoms with van der Waals surface area (Å²) in [6.45, 7) is 3.77. The lowest BCUT2D eigenvalue weighted by Gasteiger charge is -2.06. The number of aryl methyl sites for hydroxylation is 2. The number of esters is 1. The third-order valence-electron chi connectivity index (χ3n) is 3.74. The fourth-order valence-corrected chi connectivity index (χ4v) is 3.67. The van der Waals surface area contributed by atoms with Gasteiger partial charge in [0.25, 0.3) is 5.91 Å². The standard InChI is InChI=1S/C19H22N2O4S/c1-3-5-15-12(4-2)10-16(26-15)19(24)25-11-17(22)21-14-8-6-13(7-9-14)18(20)23/h6-10H,3-5,11H2,1-2H3,(H2,20,23)(H,21,22). The maximum atomic E-state index is 12.2. The zero-order valence-corrected chi connectivity index (χ0v) is 15.7. The topological polar surface area (TPSA) is 98.5 Å². The van der Waals surface area contributed by atoms with Gasteiger partial charge in [-0.15, -0.1) is 11.3 Å². The van der Waals surface area contributed by atoms with E-state index in [1.165, 1.54) is 28.3 Å². The predicted molar refractivity (Wildman–Crippen MR) is 102 cm³/mol. The number of nitrogens with two attached hydrogens (primary N) is 1. The number of anilines is 1. The van der Waals surface area contributed by atoms with Gasteiger partial charge in [-0.3, -0.25) is 9.59 Å². The van der Waals surface area contributed by atoms with E-state index >= 15 is 0 Å². The maximum Gasteiger partial charge on any atom is 0.348 e. The van der Waals surface area contributed by atoms with E-state index in [9.17, 15) is 14.4 Å². The highest BCUT2D eigenvalue weighted by Gasteiger charge is 2.16. The quantitative estimate of drug-likeness (QED) is 0.693. The number of carbonyl (C=O) groups is 3. The summed E-state index contributed by atoms with van der Waals surface area (Å²) in [5, 5.41) is 2.60. The van der Waals surface area contributed by atoms with Crippen LogP contribution < -0.4 is 11.1 Å². The van der Waals surface area contributed by atoms with E-state index in [-0.39, 0.29) is 6.61 Å². The number of carbonyl (C=O) groups excluding carboxylic acids is 3. The van der Waals surface area contributed by atoms with Crippen LogP contribution in [-0.4, -0.2) is 24.4 Å². The first-order chi connectivity index (χ1) is 12.4. The highest BCUT2D eigenvalue weighted by atomic mass is 32.1. The lowest BCUT2D eigenvalue weighted by atomic mass is 10.1. The molecule has 6 nitrogen and oxygen atoms in total. The van der Waals surface area contributed by atoms with Gasteiger partial charge in [-0.05, 0) is 48.7 Å². The summed E-state index contributed by atoms with van der Waals surface area (Å²) in [6, 6.07) is 7.99. The van der Waals surface area contributed by atoms with Crippen molar-refractivity contribution in [3.8, 4) is 0 Å². The van der Waals surface area contributed by atoms with Crippen molar-refractivity contribution in [1.82, 2.24) is 0 Å². The molecule has 1 aromatic heterocycles. The van der Waals surface area contributed by atoms with Crippen LogP contribution in [0.2, 0.25) is 0 Å². The van der Waals surface area contributed by atoms with Crippen LogP contribution in [0.1, 0.15) is 50.7 Å². The van der Waals surface area contributed by atoms with Crippen LogP contribution in [0, 0.1) is 0 Å². The molecule has 0 bridgehead atoms. The second kappa shape index (κ2) is 9.15. The molecule has 0 aliphatic heterocycles. The summed E-state index contributed by atoms with van der Waals surface area (Å²) in [7, 11) is 0. The van der Waals surface area contributed by atoms with Crippen LogP contribution in [0.15, 0.2) is 30.3 Å². The smallest absolute Gasteiger partial charge is 0.348 e. The van der Waals surface area contributed by atoms with Gasteiger partial charge in [0.05, 0.1) is 0 Å². The molecule has 0 saturated heterocycles. The highest BCUT2D eigenvalue weighted by molar-refractivity contribution is 7.14. The summed E-state index contributed by atoms with van der Waals surface area (Å²) in [5.41, 5.74) is 7.16. The van der Waals surface area contributed by atoms with Crippen LogP contribution >= 0.6 is 11.3 Å². The molecular weight excluding hydrogens is 352 g/mol. The Labute approximate surface area is 156 Å². The van der Waals surface area contributed by atoms with Gasteiger partial charge in [0, 0.05) is 16.1 Å². The van der Waals surface area contributed by atoms with E-state index in [0.717, 1.165) is 24.8 Å². The lowest BCUT2D eigenvalue weighted by Crippen LogP contribution is -2.20. The van der Waals surface area contributed by atoms with E-state index in [1.807, 2.05) is 13.0 Å². The van der Waals surface area contributed by atoms with Gasteiger partial charge in [0.2, 0.25) is 5.91 Å². The molecule has 2 aromatic rings. The Morgan fingerprint density at radius 3 is 2.42 bits per heavy atom. The normalized spacial score (nSPS) is 10.4. The predicted octanol–water partition coefficient (Wildman–Crippen LogP) is 3.16. The van der Waals surface area contributed by atoms with Crippen molar-refractivity contribution in [2.45, 2.75) is 33.1 Å². The molecule has 0 spiro atoms. The number of nitrogens with one attached hydrogen (secondary N) is 1. The Bertz CT molecular complexity index is 796. The molecular formula is C19H22N2O4S. The zero-order valence-electron chi connectivity index (χ0n) is 14.8. The molecule has 7 heteroatoms. The molecule has 1 aromatic carbocycles. The minimum absolute atomic E-state index is 0.349. The number of amides is 2. The minimum atomic E-state index is -0.540. The fraction of sp³-hybridized carbons (Fsp3) is 0.316. The van der Waals surface area contributed by atoms with Crippen LogP contribution in [0.3, 0.4) is 0 Å². The molecule has 3 N–H and O–H groups in total. The van der Waals surface area contributed by atoms with Crippen molar-refractivity contribution >= 4 is 34.8 Å². The lowest BCUT2D eigenvalue weighted by molar-refractivity contribution is -0.119. The minimum Gasteiger partial charge on any atom is -0.451 e. The monoisotopic (exact) mass is 374 g/mol. The Kier molecular flexibility index (Phi) is 6.91. The maximum absolute atomic E-state index is 12.2. The molecule has 1 heterocycles. The summed E-state index contributed by atoms with van der Waals surface area (Å²) >= 11 is 1.43. The molecule has 0 unspecified atom stereocenters. The van der Waals surface area contributed by atoms with Crippen LogP contribution in [-0.2, 0) is 22.4 Å². The molecule has 0 atom stereocenters. The summed E-state index contributed by atoms with van der Waals surface area (Å²) in [5.74, 6) is -1.49. The zero-order chi connectivity index (χ0) is 19.1. The molecule has 0 fully saturated rings. The van der Waals surface area contributed by atoms with Crippen molar-refractivity contribution in [3.63, 3.8) is 0 Å². The number of ether oxygens (including phenoxy) is 1. The van der Waals surface area contributed by atoms with E-state index in [2.05, 4.69) is 12.2 Å². The van der Waals surface area contributed by atoms with Gasteiger partial charge in [-0.1, -0.05) is 20.3 Å². The summed E-state index contributed by atoms with van der Waals surface area (Å²) in [6.07, 6.45) is 2.81. The van der Waals surface area contributed by atoms with Gasteiger partial charge in [0.1, 0.15) is 4.88 Å². The first-order valence-electron chi connectivity index (χ1n) is 8.43. The van der Waals surface area contributed by atoms with Crippen molar-refractivity contribution < 1.29 is 19.1 Å². The molecule has 2 amide bonds. The molecule has 138 valence electrons. The van der Waals surface area contributed by atoms with Gasteiger partial charge >= 0.3 is 5.97 Å². The third kappa shape index (κ3) is 5.16. The van der Waals surface area contributed by atoms with Gasteiger partial charge in [-0.25, -0.2) is 4.79 Å². The van der Waals surface area contributed by atoms with Crippen molar-refractivity contribution in [3.05, 3.63) is 51.2 Å². The average molecular weight is 374 g/mol. The van der Waals surface area contributed by atoms with Crippen LogP contribution in [0.4, 0.5) is 5.69 Å². The van der Waals surface area contributed by atoms with Gasteiger partial charge in [0.15, 0.2) is 6.61 Å². The second-order valence-electron chi connectivity index (χ2n) is 5.73. The number of rotatable bonds is 8. The van der Waals surface area contributed by atoms with Crippen molar-refractivity contribution in [1.29, 1.82) is 0 Å². The number of benzene rings is 1. The second-order valence-corrected chi connectivity index (χ2v) is 6.87. The summed E-state index contributed by atoms with van der Waals surface area (Å²) < 4.78 is 5.10. The number of hydrogen-bond donors (Lipinski definition) is 2. The highest BCUT2D eigenvalue weighted by Crippen LogP contribution is 2.25. The summed E-state index contributed by atoms with van der Waals surface area (Å²) in [4.78, 5) is 36.8. The first kappa shape index (κ1) is 19.7. The molecule has 26 heavy (non-hydrogen) atoms. The molecule has 0 aliphatic rings. The molecule has 0 saturated carbocycles. The average Bonchev–Trinajstić information content (AvgIpc) is 3.03.